The monoisotopic (exact) mass is 304 g/mol. The zero-order valence-electron chi connectivity index (χ0n) is 12.1. The number of carbonyl (C=O) groups excluding carboxylic acids is 3. The van der Waals surface area contributed by atoms with E-state index in [1.54, 1.807) is 0 Å². The molecule has 2 bridgehead atoms. The smallest absolute Gasteiger partial charge is 0.319 e. The first-order valence-corrected chi connectivity index (χ1v) is 7.61. The molecule has 4 nitrogen and oxygen atoms in total. The lowest BCUT2D eigenvalue weighted by molar-refractivity contribution is -0.154. The van der Waals surface area contributed by atoms with Crippen LogP contribution in [-0.2, 0) is 24.5 Å². The molecule has 23 heavy (non-hydrogen) atoms. The molecule has 4 heteroatoms. The van der Waals surface area contributed by atoms with Gasteiger partial charge in [0.1, 0.15) is 6.29 Å². The minimum absolute atomic E-state index is 0.229. The van der Waals surface area contributed by atoms with Crippen LogP contribution in [0.25, 0.3) is 0 Å². The molecule has 0 aromatic heterocycles. The highest BCUT2D eigenvalue weighted by Crippen LogP contribution is 2.62. The summed E-state index contributed by atoms with van der Waals surface area (Å²) >= 11 is 0. The van der Waals surface area contributed by atoms with Crippen LogP contribution in [-0.4, -0.2) is 18.2 Å². The van der Waals surface area contributed by atoms with Gasteiger partial charge in [0.05, 0.1) is 17.3 Å². The van der Waals surface area contributed by atoms with Gasteiger partial charge in [-0.2, -0.15) is 0 Å². The van der Waals surface area contributed by atoms with E-state index < -0.39 is 29.2 Å². The van der Waals surface area contributed by atoms with Crippen LogP contribution in [0.1, 0.15) is 28.2 Å². The van der Waals surface area contributed by atoms with Crippen LogP contribution in [0, 0.1) is 11.8 Å². The van der Waals surface area contributed by atoms with E-state index in [9.17, 15) is 14.4 Å². The van der Waals surface area contributed by atoms with Gasteiger partial charge in [-0.05, 0) is 22.3 Å². The van der Waals surface area contributed by atoms with Gasteiger partial charge in [-0.15, -0.1) is 0 Å². The predicted molar refractivity (Wildman–Crippen MR) is 79.7 cm³/mol. The van der Waals surface area contributed by atoms with Crippen molar-refractivity contribution in [2.45, 2.75) is 11.3 Å². The molecule has 1 saturated heterocycles. The van der Waals surface area contributed by atoms with Crippen LogP contribution in [0.2, 0.25) is 0 Å². The van der Waals surface area contributed by atoms with E-state index in [4.69, 9.17) is 4.74 Å². The molecule has 0 unspecified atom stereocenters. The van der Waals surface area contributed by atoms with E-state index in [1.165, 1.54) is 0 Å². The molecule has 4 aliphatic rings. The van der Waals surface area contributed by atoms with Crippen LogP contribution >= 0.6 is 0 Å². The minimum Gasteiger partial charge on any atom is -0.393 e. The van der Waals surface area contributed by atoms with Crippen molar-refractivity contribution in [3.63, 3.8) is 0 Å². The molecule has 0 spiro atoms. The lowest BCUT2D eigenvalue weighted by Gasteiger charge is -2.50. The minimum atomic E-state index is -1.13. The average Bonchev–Trinajstić information content (AvgIpc) is 2.90. The predicted octanol–water partition coefficient (Wildman–Crippen LogP) is 1.95. The summed E-state index contributed by atoms with van der Waals surface area (Å²) in [5.74, 6) is -2.70. The number of aldehydes is 1. The topological polar surface area (TPSA) is 60.4 Å². The van der Waals surface area contributed by atoms with E-state index in [0.717, 1.165) is 28.5 Å². The van der Waals surface area contributed by atoms with Crippen molar-refractivity contribution in [2.24, 2.45) is 11.8 Å². The Balaban J connectivity index is 1.97. The molecule has 1 aliphatic heterocycles. The van der Waals surface area contributed by atoms with Gasteiger partial charge in [0.25, 0.3) is 0 Å². The molecule has 1 heterocycles. The Bertz CT molecular complexity index is 850. The molecule has 0 amide bonds. The van der Waals surface area contributed by atoms with Crippen molar-refractivity contribution in [2.75, 3.05) is 0 Å². The first-order valence-electron chi connectivity index (χ1n) is 7.61. The Morgan fingerprint density at radius 2 is 1.43 bits per heavy atom. The molecule has 0 N–H and O–H groups in total. The fourth-order valence-electron chi connectivity index (χ4n) is 4.84. The molecule has 2 atom stereocenters. The fraction of sp³-hybridized carbons (Fsp3) is 0.211. The number of ether oxygens (including phenoxy) is 1. The van der Waals surface area contributed by atoms with E-state index in [-0.39, 0.29) is 5.92 Å². The number of hydrogen-bond acceptors (Lipinski definition) is 4. The van der Waals surface area contributed by atoms with Crippen molar-refractivity contribution in [3.05, 3.63) is 70.8 Å². The summed E-state index contributed by atoms with van der Waals surface area (Å²) in [6, 6.07) is 15.2. The second-order valence-corrected chi connectivity index (χ2v) is 6.38. The zero-order valence-corrected chi connectivity index (χ0v) is 12.1. The maximum atomic E-state index is 12.4. The highest BCUT2D eigenvalue weighted by atomic mass is 16.6. The molecule has 2 aromatic rings. The Morgan fingerprint density at radius 3 is 2.00 bits per heavy atom. The molecule has 3 aliphatic carbocycles. The van der Waals surface area contributed by atoms with E-state index in [1.807, 2.05) is 48.5 Å². The van der Waals surface area contributed by atoms with Crippen molar-refractivity contribution >= 4 is 18.2 Å². The molecule has 112 valence electrons. The Hall–Kier alpha value is -2.75. The first-order chi connectivity index (χ1) is 11.2. The lowest BCUT2D eigenvalue weighted by atomic mass is 9.48. The van der Waals surface area contributed by atoms with Gasteiger partial charge in [0.2, 0.25) is 0 Å². The normalized spacial score (nSPS) is 32.8. The van der Waals surface area contributed by atoms with Crippen LogP contribution in [0.15, 0.2) is 48.5 Å². The molecule has 0 radical (unpaired) electrons. The first kappa shape index (κ1) is 12.8. The second kappa shape index (κ2) is 3.96. The number of cyclic esters (lactones) is 2. The quantitative estimate of drug-likeness (QED) is 0.459. The molecule has 0 saturated carbocycles. The molecule has 1 fully saturated rings. The molecule has 6 rings (SSSR count). The summed E-state index contributed by atoms with van der Waals surface area (Å²) < 4.78 is 4.94. The number of carbonyl (C=O) groups is 3. The SMILES string of the molecule is O=CC12c3ccccc3C(c3ccccc31)[C@H]1C(=O)OC(=O)[C@@H]12. The van der Waals surface area contributed by atoms with E-state index >= 15 is 0 Å². The van der Waals surface area contributed by atoms with Gasteiger partial charge in [-0.3, -0.25) is 9.59 Å². The number of benzene rings is 2. The van der Waals surface area contributed by atoms with Crippen LogP contribution < -0.4 is 0 Å². The third kappa shape index (κ3) is 1.23. The Kier molecular flexibility index (Phi) is 2.20. The van der Waals surface area contributed by atoms with Gasteiger partial charge in [0, 0.05) is 5.92 Å². The summed E-state index contributed by atoms with van der Waals surface area (Å²) in [7, 11) is 0. The standard InChI is InChI=1S/C19H12O4/c20-9-19-12-7-3-1-5-10(12)14(11-6-2-4-8-13(11)19)15-16(19)18(22)23-17(15)21/h1-9,14-16H/t14?,15-,16-,19?/m1/s1. The van der Waals surface area contributed by atoms with Gasteiger partial charge in [0.15, 0.2) is 0 Å². The van der Waals surface area contributed by atoms with Gasteiger partial charge >= 0.3 is 11.9 Å². The summed E-state index contributed by atoms with van der Waals surface area (Å²) in [6.45, 7) is 0. The van der Waals surface area contributed by atoms with Gasteiger partial charge in [-0.25, -0.2) is 0 Å². The van der Waals surface area contributed by atoms with Crippen molar-refractivity contribution in [3.8, 4) is 0 Å². The molecule has 2 aromatic carbocycles. The van der Waals surface area contributed by atoms with Crippen molar-refractivity contribution < 1.29 is 19.1 Å². The number of rotatable bonds is 1. The Labute approximate surface area is 132 Å². The van der Waals surface area contributed by atoms with Crippen LogP contribution in [0.4, 0.5) is 0 Å². The van der Waals surface area contributed by atoms with E-state index in [2.05, 4.69) is 0 Å². The third-order valence-corrected chi connectivity index (χ3v) is 5.61. The highest BCUT2D eigenvalue weighted by Gasteiger charge is 2.67. The summed E-state index contributed by atoms with van der Waals surface area (Å²) in [4.78, 5) is 37.1. The third-order valence-electron chi connectivity index (χ3n) is 5.61. The molecular formula is C19H12O4. The number of hydrogen-bond donors (Lipinski definition) is 0. The van der Waals surface area contributed by atoms with Crippen molar-refractivity contribution in [1.82, 2.24) is 0 Å². The zero-order chi connectivity index (χ0) is 15.8. The van der Waals surface area contributed by atoms with Crippen molar-refractivity contribution in [1.29, 1.82) is 0 Å². The summed E-state index contributed by atoms with van der Waals surface area (Å²) in [6.07, 6.45) is 0.831. The summed E-state index contributed by atoms with van der Waals surface area (Å²) in [5, 5.41) is 0. The highest BCUT2D eigenvalue weighted by molar-refractivity contribution is 6.04. The average molecular weight is 304 g/mol. The van der Waals surface area contributed by atoms with E-state index in [0.29, 0.717) is 0 Å². The maximum absolute atomic E-state index is 12.4. The second-order valence-electron chi connectivity index (χ2n) is 6.38. The lowest BCUT2D eigenvalue weighted by Crippen LogP contribution is -2.54. The van der Waals surface area contributed by atoms with Gasteiger partial charge < -0.3 is 9.53 Å². The largest absolute Gasteiger partial charge is 0.393 e. The Morgan fingerprint density at radius 1 is 0.870 bits per heavy atom. The summed E-state index contributed by atoms with van der Waals surface area (Å²) in [5.41, 5.74) is 2.42. The van der Waals surface area contributed by atoms with Gasteiger partial charge in [-0.1, -0.05) is 48.5 Å². The number of esters is 2. The fourth-order valence-corrected chi connectivity index (χ4v) is 4.84. The van der Waals surface area contributed by atoms with Crippen LogP contribution in [0.3, 0.4) is 0 Å². The molecular weight excluding hydrogens is 292 g/mol. The maximum Gasteiger partial charge on any atom is 0.319 e. The van der Waals surface area contributed by atoms with Crippen LogP contribution in [0.5, 0.6) is 0 Å².